The van der Waals surface area contributed by atoms with Gasteiger partial charge >= 0.3 is 7.12 Å². The lowest BCUT2D eigenvalue weighted by Crippen LogP contribution is -2.31. The number of rotatable bonds is 4. The van der Waals surface area contributed by atoms with Crippen molar-refractivity contribution in [3.8, 4) is 69.4 Å². The number of hydrogen-bond acceptors (Lipinski definition) is 2. The van der Waals surface area contributed by atoms with Gasteiger partial charge in [0.05, 0.1) is 0 Å². The monoisotopic (exact) mass is 1360 g/mol. The van der Waals surface area contributed by atoms with Gasteiger partial charge in [-0.2, -0.15) is 0 Å². The summed E-state index contributed by atoms with van der Waals surface area (Å²) in [4.78, 5) is 0. The molecule has 0 aliphatic carbocycles. The zero-order valence-corrected chi connectivity index (χ0v) is 55.9. The number of hydrogen-bond donors (Lipinski definition) is 2. The van der Waals surface area contributed by atoms with E-state index in [0.29, 0.717) is 5.46 Å². The minimum Gasteiger partial charge on any atom is -0.423 e. The number of halogens is 2. The van der Waals surface area contributed by atoms with Crippen LogP contribution in [0, 0.1) is 42.9 Å². The summed E-state index contributed by atoms with van der Waals surface area (Å²) in [5.41, 5.74) is 14.1. The quantitative estimate of drug-likeness (QED) is 0.105. The molecule has 0 aliphatic rings. The fourth-order valence-corrected chi connectivity index (χ4v) is 12.9. The lowest BCUT2D eigenvalue weighted by Gasteiger charge is -2.18. The Morgan fingerprint density at radius 2 is 0.583 bits per heavy atom. The van der Waals surface area contributed by atoms with Crippen LogP contribution in [0.15, 0.2) is 355 Å². The van der Waals surface area contributed by atoms with Gasteiger partial charge in [-0.25, -0.2) is 0 Å². The lowest BCUT2D eigenvalue weighted by atomic mass is 9.72. The number of terminal acetylenes is 1. The first-order chi connectivity index (χ1) is 47.1. The van der Waals surface area contributed by atoms with Crippen molar-refractivity contribution >= 4 is 109 Å². The van der Waals surface area contributed by atoms with E-state index in [9.17, 15) is 10.0 Å². The zero-order chi connectivity index (χ0) is 66.0. The zero-order valence-electron chi connectivity index (χ0n) is 52.7. The Morgan fingerprint density at radius 3 is 0.958 bits per heavy atom. The van der Waals surface area contributed by atoms with Gasteiger partial charge in [0.2, 0.25) is 0 Å². The SMILES string of the molecule is Brc1cccc(C#Cc2ccccc2)c1.C#Cc1ccccc1.C(#Cc1cccc(-c2c3ccccc3c(-c3ccc4ccccc4c3)c3ccccc23)c1)c1ccccc1.Cc1cccc(Br)c1.OB(O)c1c2ccccc2c(-c2ccc3ccccc3c2)c2ccccc12. The molecule has 96 heavy (non-hydrogen) atoms. The molecule has 0 bridgehead atoms. The average molecular weight is 1360 g/mol. The summed E-state index contributed by atoms with van der Waals surface area (Å²) >= 11 is 6.78. The molecule has 0 spiro atoms. The van der Waals surface area contributed by atoms with Crippen LogP contribution in [0.25, 0.3) is 98.0 Å². The smallest absolute Gasteiger partial charge is 0.423 e. The Bertz CT molecular complexity index is 5450. The van der Waals surface area contributed by atoms with Gasteiger partial charge in [0.1, 0.15) is 0 Å². The van der Waals surface area contributed by atoms with E-state index in [4.69, 9.17) is 6.42 Å². The molecule has 2 nitrogen and oxygen atoms in total. The van der Waals surface area contributed by atoms with Crippen LogP contribution in [0.2, 0.25) is 0 Å². The molecule has 0 saturated heterocycles. The van der Waals surface area contributed by atoms with Gasteiger partial charge in [0.25, 0.3) is 0 Å². The third kappa shape index (κ3) is 15.8. The Hall–Kier alpha value is -11.3. The summed E-state index contributed by atoms with van der Waals surface area (Å²) in [6, 6.07) is 118. The van der Waals surface area contributed by atoms with Crippen LogP contribution in [-0.2, 0) is 0 Å². The molecular formula is C91H63BBr2O2. The molecule has 0 atom stereocenters. The third-order valence-corrected chi connectivity index (χ3v) is 17.4. The van der Waals surface area contributed by atoms with Crippen LogP contribution < -0.4 is 5.46 Å². The van der Waals surface area contributed by atoms with Crippen molar-refractivity contribution in [3.63, 3.8) is 0 Å². The van der Waals surface area contributed by atoms with Gasteiger partial charge in [-0.1, -0.05) is 322 Å². The normalized spacial score (nSPS) is 10.4. The van der Waals surface area contributed by atoms with E-state index in [2.05, 4.69) is 238 Å². The van der Waals surface area contributed by atoms with E-state index in [1.165, 1.54) is 70.9 Å². The summed E-state index contributed by atoms with van der Waals surface area (Å²) in [5.74, 6) is 15.4. The molecule has 2 N–H and O–H groups in total. The van der Waals surface area contributed by atoms with E-state index in [0.717, 1.165) is 69.4 Å². The molecule has 0 radical (unpaired) electrons. The van der Waals surface area contributed by atoms with Gasteiger partial charge < -0.3 is 10.0 Å². The minimum absolute atomic E-state index is 0.561. The molecule has 0 aliphatic heterocycles. The molecule has 0 fully saturated rings. The highest BCUT2D eigenvalue weighted by Gasteiger charge is 2.23. The topological polar surface area (TPSA) is 40.5 Å². The van der Waals surface area contributed by atoms with Gasteiger partial charge in [0.15, 0.2) is 0 Å². The maximum atomic E-state index is 10.1. The molecule has 5 heteroatoms. The van der Waals surface area contributed by atoms with Gasteiger partial charge in [0, 0.05) is 36.8 Å². The van der Waals surface area contributed by atoms with Crippen molar-refractivity contribution < 1.29 is 10.0 Å². The second-order valence-corrected chi connectivity index (χ2v) is 24.7. The maximum absolute atomic E-state index is 10.1. The lowest BCUT2D eigenvalue weighted by molar-refractivity contribution is 0.426. The van der Waals surface area contributed by atoms with E-state index in [-0.39, 0.29) is 0 Å². The third-order valence-electron chi connectivity index (χ3n) is 16.4. The van der Waals surface area contributed by atoms with Crippen LogP contribution in [0.3, 0.4) is 0 Å². The first kappa shape index (κ1) is 64.8. The first-order valence-corrected chi connectivity index (χ1v) is 33.2. The van der Waals surface area contributed by atoms with Crippen LogP contribution in [0.5, 0.6) is 0 Å². The predicted molar refractivity (Wildman–Crippen MR) is 416 cm³/mol. The molecule has 0 saturated carbocycles. The number of aryl methyl sites for hydroxylation is 1. The predicted octanol–water partition coefficient (Wildman–Crippen LogP) is 22.6. The molecule has 16 rings (SSSR count). The molecular weight excluding hydrogens is 1300 g/mol. The summed E-state index contributed by atoms with van der Waals surface area (Å²) < 4.78 is 2.21. The Balaban J connectivity index is 0.000000131. The molecule has 456 valence electrons. The molecule has 0 amide bonds. The van der Waals surface area contributed by atoms with Crippen molar-refractivity contribution in [3.05, 3.63) is 388 Å². The van der Waals surface area contributed by atoms with Gasteiger partial charge in [-0.3, -0.25) is 0 Å². The fourth-order valence-electron chi connectivity index (χ4n) is 12.0. The standard InChI is InChI=1S/C38H24.C24H17BO2.C14H9Br.C8H6.C7H7Br/c1-2-11-27(12-3-1)21-22-28-13-10-16-31(25-28)37-33-17-6-8-19-35(33)38(36-20-9-7-18-34(36)37)32-24-23-29-14-4-5-15-30(29)26-32;26-25(27)24-21-11-5-3-9-19(21)23(20-10-4-6-12-22(20)24)18-14-13-16-7-1-2-8-17(16)15-18;15-14-8-4-7-13(11-14)10-9-12-5-2-1-3-6-12;1-2-8-6-4-3-5-7-8;1-6-3-2-4-7(8)5-6/h1-20,23-26H;1-15,26-27H;1-8,11H;1,3-7H;2-5H,1H3. The Kier molecular flexibility index (Phi) is 21.3. The second-order valence-electron chi connectivity index (χ2n) is 22.9. The number of fused-ring (bicyclic) bond motifs is 6. The van der Waals surface area contributed by atoms with Crippen molar-refractivity contribution in [2.24, 2.45) is 0 Å². The molecule has 16 aromatic carbocycles. The number of benzene rings is 16. The summed E-state index contributed by atoms with van der Waals surface area (Å²) in [7, 11) is -1.52. The van der Waals surface area contributed by atoms with Crippen LogP contribution in [0.1, 0.15) is 33.4 Å². The van der Waals surface area contributed by atoms with Gasteiger partial charge in [-0.15, -0.1) is 6.42 Å². The molecule has 0 aromatic heterocycles. The largest absolute Gasteiger partial charge is 0.489 e. The molecule has 16 aromatic rings. The van der Waals surface area contributed by atoms with Crippen molar-refractivity contribution in [1.82, 2.24) is 0 Å². The van der Waals surface area contributed by atoms with E-state index >= 15 is 0 Å². The minimum atomic E-state index is -1.52. The maximum Gasteiger partial charge on any atom is 0.489 e. The summed E-state index contributed by atoms with van der Waals surface area (Å²) in [5, 5.41) is 33.9. The van der Waals surface area contributed by atoms with E-state index in [1.807, 2.05) is 176 Å². The van der Waals surface area contributed by atoms with E-state index in [1.54, 1.807) is 0 Å². The van der Waals surface area contributed by atoms with E-state index < -0.39 is 7.12 Å². The Labute approximate surface area is 579 Å². The summed E-state index contributed by atoms with van der Waals surface area (Å²) in [6.07, 6.45) is 5.10. The average Bonchev–Trinajstić information content (AvgIpc) is 0.745. The fraction of sp³-hybridized carbons (Fsp3) is 0.0110. The van der Waals surface area contributed by atoms with Crippen molar-refractivity contribution in [1.29, 1.82) is 0 Å². The highest BCUT2D eigenvalue weighted by atomic mass is 79.9. The van der Waals surface area contributed by atoms with Gasteiger partial charge in [-0.05, 0) is 201 Å². The van der Waals surface area contributed by atoms with Crippen LogP contribution >= 0.6 is 31.9 Å². The highest BCUT2D eigenvalue weighted by molar-refractivity contribution is 9.10. The first-order valence-electron chi connectivity index (χ1n) is 31.6. The second kappa shape index (κ2) is 31.6. The molecule has 0 unspecified atom stereocenters. The summed E-state index contributed by atoms with van der Waals surface area (Å²) in [6.45, 7) is 2.07. The molecule has 0 heterocycles. The van der Waals surface area contributed by atoms with Crippen LogP contribution in [-0.4, -0.2) is 17.2 Å². The van der Waals surface area contributed by atoms with Crippen LogP contribution in [0.4, 0.5) is 0 Å². The van der Waals surface area contributed by atoms with Crippen molar-refractivity contribution in [2.45, 2.75) is 6.92 Å². The highest BCUT2D eigenvalue weighted by Crippen LogP contribution is 2.44. The Morgan fingerprint density at radius 1 is 0.271 bits per heavy atom. The van der Waals surface area contributed by atoms with Crippen molar-refractivity contribution in [2.75, 3.05) is 0 Å².